The van der Waals surface area contributed by atoms with Crippen molar-refractivity contribution in [1.29, 1.82) is 0 Å². The summed E-state index contributed by atoms with van der Waals surface area (Å²) in [6.45, 7) is 0. The zero-order chi connectivity index (χ0) is 13.1. The van der Waals surface area contributed by atoms with E-state index in [1.165, 1.54) is 5.56 Å². The van der Waals surface area contributed by atoms with Crippen LogP contribution in [0.5, 0.6) is 0 Å². The van der Waals surface area contributed by atoms with E-state index in [4.69, 9.17) is 5.73 Å². The van der Waals surface area contributed by atoms with Gasteiger partial charge in [0.15, 0.2) is 0 Å². The lowest BCUT2D eigenvalue weighted by molar-refractivity contribution is 0.629. The van der Waals surface area contributed by atoms with Crippen LogP contribution in [-0.2, 0) is 13.5 Å². The Balaban J connectivity index is 2.01. The number of nitrogens with two attached hydrogens (primary N) is 1. The van der Waals surface area contributed by atoms with Crippen LogP contribution in [-0.4, -0.2) is 14.8 Å². The highest BCUT2D eigenvalue weighted by atomic mass is 79.9. The monoisotopic (exact) mass is 372 g/mol. The maximum Gasteiger partial charge on any atom is 0.0713 e. The molecule has 1 atom stereocenters. The van der Waals surface area contributed by atoms with E-state index in [2.05, 4.69) is 41.9 Å². The van der Waals surface area contributed by atoms with Gasteiger partial charge in [0.2, 0.25) is 0 Å². The van der Waals surface area contributed by atoms with Gasteiger partial charge in [-0.1, -0.05) is 0 Å². The molecule has 0 spiro atoms. The van der Waals surface area contributed by atoms with Crippen LogP contribution in [0.25, 0.3) is 0 Å². The second-order valence-electron chi connectivity index (χ2n) is 4.19. The zero-order valence-electron chi connectivity index (χ0n) is 9.98. The van der Waals surface area contributed by atoms with Crippen molar-refractivity contribution in [1.82, 2.24) is 14.8 Å². The van der Waals surface area contributed by atoms with Crippen molar-refractivity contribution in [3.8, 4) is 0 Å². The predicted molar refractivity (Wildman–Crippen MR) is 78.1 cm³/mol. The molecule has 0 bridgehead atoms. The minimum absolute atomic E-state index is 0.0762. The highest BCUT2D eigenvalue weighted by Crippen LogP contribution is 2.25. The Morgan fingerprint density at radius 1 is 1.39 bits per heavy atom. The summed E-state index contributed by atoms with van der Waals surface area (Å²) >= 11 is 6.87. The van der Waals surface area contributed by atoms with Crippen molar-refractivity contribution in [2.75, 3.05) is 0 Å². The molecule has 0 saturated carbocycles. The fourth-order valence-electron chi connectivity index (χ4n) is 1.76. The standard InChI is InChI=1S/C12H14Br2N4/c1-18-7-8(5-17-18)2-3-11(15)12-10(14)4-9(13)6-16-12/h4-7,11H,2-3,15H2,1H3. The first-order valence-corrected chi connectivity index (χ1v) is 7.19. The molecular weight excluding hydrogens is 360 g/mol. The van der Waals surface area contributed by atoms with E-state index in [1.807, 2.05) is 25.5 Å². The van der Waals surface area contributed by atoms with Crippen LogP contribution in [0.4, 0.5) is 0 Å². The van der Waals surface area contributed by atoms with Crippen LogP contribution in [0.1, 0.15) is 23.7 Å². The summed E-state index contributed by atoms with van der Waals surface area (Å²) in [5.74, 6) is 0. The zero-order valence-corrected chi connectivity index (χ0v) is 13.1. The number of halogens is 2. The molecule has 1 unspecified atom stereocenters. The van der Waals surface area contributed by atoms with Gasteiger partial charge in [-0.2, -0.15) is 5.10 Å². The molecule has 0 aromatic carbocycles. The molecule has 0 fully saturated rings. The van der Waals surface area contributed by atoms with E-state index in [0.29, 0.717) is 0 Å². The van der Waals surface area contributed by atoms with Gasteiger partial charge in [-0.25, -0.2) is 0 Å². The van der Waals surface area contributed by atoms with Crippen molar-refractivity contribution in [2.24, 2.45) is 12.8 Å². The van der Waals surface area contributed by atoms with Crippen molar-refractivity contribution in [2.45, 2.75) is 18.9 Å². The van der Waals surface area contributed by atoms with Crippen molar-refractivity contribution in [3.05, 3.63) is 44.9 Å². The normalized spacial score (nSPS) is 12.7. The summed E-state index contributed by atoms with van der Waals surface area (Å²) in [6.07, 6.45) is 7.40. The van der Waals surface area contributed by atoms with Gasteiger partial charge >= 0.3 is 0 Å². The van der Waals surface area contributed by atoms with Gasteiger partial charge < -0.3 is 5.73 Å². The molecule has 2 aromatic heterocycles. The van der Waals surface area contributed by atoms with Gasteiger partial charge in [-0.05, 0) is 56.3 Å². The molecule has 6 heteroatoms. The fourth-order valence-corrected chi connectivity index (χ4v) is 3.04. The summed E-state index contributed by atoms with van der Waals surface area (Å²) in [7, 11) is 1.91. The Labute approximate surface area is 123 Å². The minimum atomic E-state index is -0.0762. The van der Waals surface area contributed by atoms with Crippen molar-refractivity contribution in [3.63, 3.8) is 0 Å². The van der Waals surface area contributed by atoms with E-state index in [1.54, 1.807) is 10.9 Å². The van der Waals surface area contributed by atoms with Gasteiger partial charge in [0.05, 0.1) is 11.9 Å². The molecule has 2 N–H and O–H groups in total. The Kier molecular flexibility index (Phi) is 4.53. The van der Waals surface area contributed by atoms with Crippen LogP contribution >= 0.6 is 31.9 Å². The Morgan fingerprint density at radius 3 is 2.78 bits per heavy atom. The van der Waals surface area contributed by atoms with E-state index < -0.39 is 0 Å². The first-order valence-electron chi connectivity index (χ1n) is 5.60. The van der Waals surface area contributed by atoms with Crippen LogP contribution in [0, 0.1) is 0 Å². The average molecular weight is 374 g/mol. The third-order valence-corrected chi connectivity index (χ3v) is 3.76. The molecule has 0 aliphatic rings. The van der Waals surface area contributed by atoms with Crippen LogP contribution < -0.4 is 5.73 Å². The summed E-state index contributed by atoms with van der Waals surface area (Å²) in [6, 6.07) is 1.89. The largest absolute Gasteiger partial charge is 0.323 e. The molecular formula is C12H14Br2N4. The second-order valence-corrected chi connectivity index (χ2v) is 5.96. The minimum Gasteiger partial charge on any atom is -0.323 e. The number of nitrogens with zero attached hydrogens (tertiary/aromatic N) is 3. The smallest absolute Gasteiger partial charge is 0.0713 e. The number of hydrogen-bond donors (Lipinski definition) is 1. The Hall–Kier alpha value is -0.720. The van der Waals surface area contributed by atoms with Crippen LogP contribution in [0.15, 0.2) is 33.6 Å². The lowest BCUT2D eigenvalue weighted by atomic mass is 10.1. The van der Waals surface area contributed by atoms with Gasteiger partial charge in [0.25, 0.3) is 0 Å². The molecule has 0 amide bonds. The van der Waals surface area contributed by atoms with Crippen molar-refractivity contribution < 1.29 is 0 Å². The summed E-state index contributed by atoms with van der Waals surface area (Å²) in [5.41, 5.74) is 8.25. The first-order chi connectivity index (χ1) is 8.56. The van der Waals surface area contributed by atoms with Gasteiger partial charge in [0.1, 0.15) is 0 Å². The van der Waals surface area contributed by atoms with Gasteiger partial charge in [-0.15, -0.1) is 0 Å². The molecule has 4 nitrogen and oxygen atoms in total. The quantitative estimate of drug-likeness (QED) is 0.896. The second kappa shape index (κ2) is 5.95. The average Bonchev–Trinajstić information content (AvgIpc) is 2.72. The van der Waals surface area contributed by atoms with Crippen LogP contribution in [0.2, 0.25) is 0 Å². The fraction of sp³-hybridized carbons (Fsp3) is 0.333. The number of hydrogen-bond acceptors (Lipinski definition) is 3. The maximum absolute atomic E-state index is 6.17. The highest BCUT2D eigenvalue weighted by Gasteiger charge is 2.12. The molecule has 0 aliphatic carbocycles. The predicted octanol–water partition coefficient (Wildman–Crippen LogP) is 2.97. The third-order valence-electron chi connectivity index (χ3n) is 2.69. The Bertz CT molecular complexity index is 539. The third kappa shape index (κ3) is 3.40. The Morgan fingerprint density at radius 2 is 2.17 bits per heavy atom. The molecule has 2 aromatic rings. The number of aromatic nitrogens is 3. The molecule has 2 heterocycles. The topological polar surface area (TPSA) is 56.7 Å². The molecule has 0 aliphatic heterocycles. The number of aryl methyl sites for hydroxylation is 2. The van der Waals surface area contributed by atoms with Crippen molar-refractivity contribution >= 4 is 31.9 Å². The molecule has 0 saturated heterocycles. The van der Waals surface area contributed by atoms with Gasteiger partial charge in [-0.3, -0.25) is 9.67 Å². The number of rotatable bonds is 4. The first kappa shape index (κ1) is 13.7. The highest BCUT2D eigenvalue weighted by molar-refractivity contribution is 9.11. The van der Waals surface area contributed by atoms with E-state index in [-0.39, 0.29) is 6.04 Å². The maximum atomic E-state index is 6.17. The molecule has 2 rings (SSSR count). The van der Waals surface area contributed by atoms with E-state index in [0.717, 1.165) is 27.5 Å². The number of pyridine rings is 1. The molecule has 18 heavy (non-hydrogen) atoms. The van der Waals surface area contributed by atoms with Gasteiger partial charge in [0, 0.05) is 34.4 Å². The van der Waals surface area contributed by atoms with Crippen LogP contribution in [0.3, 0.4) is 0 Å². The lowest BCUT2D eigenvalue weighted by Crippen LogP contribution is -2.13. The summed E-state index contributed by atoms with van der Waals surface area (Å²) in [5, 5.41) is 4.14. The molecule has 0 radical (unpaired) electrons. The lowest BCUT2D eigenvalue weighted by Gasteiger charge is -2.12. The summed E-state index contributed by atoms with van der Waals surface area (Å²) in [4.78, 5) is 4.36. The summed E-state index contributed by atoms with van der Waals surface area (Å²) < 4.78 is 3.68. The molecule has 96 valence electrons. The van der Waals surface area contributed by atoms with E-state index in [9.17, 15) is 0 Å². The van der Waals surface area contributed by atoms with E-state index >= 15 is 0 Å². The SMILES string of the molecule is Cn1cc(CCC(N)c2ncc(Br)cc2Br)cn1.